The Morgan fingerprint density at radius 3 is 2.77 bits per heavy atom. The fourth-order valence-electron chi connectivity index (χ4n) is 2.52. The molecule has 26 heavy (non-hydrogen) atoms. The maximum absolute atomic E-state index is 14.0. The van der Waals surface area contributed by atoms with E-state index in [0.29, 0.717) is 17.8 Å². The van der Waals surface area contributed by atoms with Crippen molar-refractivity contribution in [3.05, 3.63) is 69.0 Å². The maximum atomic E-state index is 14.0. The average Bonchev–Trinajstić information content (AvgIpc) is 2.96. The Morgan fingerprint density at radius 2 is 2.04 bits per heavy atom. The number of amides is 1. The van der Waals surface area contributed by atoms with E-state index in [1.54, 1.807) is 26.0 Å². The molecule has 0 spiro atoms. The normalized spacial score (nSPS) is 10.8. The number of aromatic nitrogens is 4. The molecule has 0 radical (unpaired) electrons. The van der Waals surface area contributed by atoms with Gasteiger partial charge in [0.05, 0.1) is 11.3 Å². The zero-order valence-corrected chi connectivity index (χ0v) is 14.6. The number of hydrogen-bond acceptors (Lipinski definition) is 4. The second kappa shape index (κ2) is 6.91. The summed E-state index contributed by atoms with van der Waals surface area (Å²) in [7, 11) is 0. The van der Waals surface area contributed by atoms with E-state index in [1.165, 1.54) is 22.9 Å². The summed E-state index contributed by atoms with van der Waals surface area (Å²) in [6.45, 7) is 5.39. The highest BCUT2D eigenvalue weighted by molar-refractivity contribution is 6.04. The molecule has 3 aromatic rings. The van der Waals surface area contributed by atoms with Gasteiger partial charge in [0.15, 0.2) is 0 Å². The zero-order chi connectivity index (χ0) is 18.8. The van der Waals surface area contributed by atoms with E-state index in [0.717, 1.165) is 5.56 Å². The summed E-state index contributed by atoms with van der Waals surface area (Å²) < 4.78 is 15.3. The molecule has 2 heterocycles. The van der Waals surface area contributed by atoms with Crippen LogP contribution in [0.15, 0.2) is 35.1 Å². The molecule has 2 aromatic heterocycles. The first kappa shape index (κ1) is 17.5. The Kier molecular flexibility index (Phi) is 4.66. The fourth-order valence-corrected chi connectivity index (χ4v) is 2.52. The summed E-state index contributed by atoms with van der Waals surface area (Å²) in [5, 5.41) is 6.89. The molecule has 0 aliphatic heterocycles. The highest BCUT2D eigenvalue weighted by atomic mass is 19.1. The Labute approximate surface area is 148 Å². The molecule has 8 heteroatoms. The molecule has 0 bridgehead atoms. The first-order chi connectivity index (χ1) is 12.4. The topological polar surface area (TPSA) is 92.7 Å². The van der Waals surface area contributed by atoms with Crippen molar-refractivity contribution < 1.29 is 9.18 Å². The minimum absolute atomic E-state index is 0.0702. The van der Waals surface area contributed by atoms with Gasteiger partial charge in [0, 0.05) is 17.8 Å². The quantitative estimate of drug-likeness (QED) is 0.752. The predicted molar refractivity (Wildman–Crippen MR) is 95.2 cm³/mol. The Hall–Kier alpha value is -3.29. The van der Waals surface area contributed by atoms with E-state index in [4.69, 9.17) is 0 Å². The third-order valence-electron chi connectivity index (χ3n) is 3.78. The van der Waals surface area contributed by atoms with Crippen LogP contribution in [0.5, 0.6) is 0 Å². The van der Waals surface area contributed by atoms with Gasteiger partial charge in [-0.1, -0.05) is 18.6 Å². The van der Waals surface area contributed by atoms with Crippen LogP contribution in [0.1, 0.15) is 34.2 Å². The van der Waals surface area contributed by atoms with Gasteiger partial charge < -0.3 is 5.32 Å². The number of anilines is 1. The third kappa shape index (κ3) is 3.53. The van der Waals surface area contributed by atoms with Gasteiger partial charge in [0.1, 0.15) is 11.6 Å². The van der Waals surface area contributed by atoms with Crippen LogP contribution in [-0.2, 0) is 6.42 Å². The molecule has 0 atom stereocenters. The molecule has 0 saturated heterocycles. The minimum atomic E-state index is -0.615. The van der Waals surface area contributed by atoms with Crippen LogP contribution in [0.2, 0.25) is 0 Å². The molecular weight excluding hydrogens is 337 g/mol. The van der Waals surface area contributed by atoms with Crippen molar-refractivity contribution >= 4 is 11.7 Å². The monoisotopic (exact) mass is 355 g/mol. The van der Waals surface area contributed by atoms with Gasteiger partial charge in [-0.3, -0.25) is 14.6 Å². The van der Waals surface area contributed by atoms with Gasteiger partial charge in [-0.25, -0.2) is 9.37 Å². The van der Waals surface area contributed by atoms with Crippen molar-refractivity contribution in [1.82, 2.24) is 19.7 Å². The highest BCUT2D eigenvalue weighted by Gasteiger charge is 2.17. The molecule has 0 aliphatic carbocycles. The number of aryl methyl sites for hydroxylation is 3. The van der Waals surface area contributed by atoms with Gasteiger partial charge in [0.2, 0.25) is 5.95 Å². The molecule has 7 nitrogen and oxygen atoms in total. The lowest BCUT2D eigenvalue weighted by molar-refractivity contribution is 0.102. The standard InChI is InChI=1S/C18H18FN5O2/c1-4-12-9-16(25)22-18(20-12)24-15(8-11(3)23-24)21-17(26)13-7-10(2)5-6-14(13)19/h5-9H,4H2,1-3H3,(H,21,26)(H,20,22,25). The second-order valence-electron chi connectivity index (χ2n) is 5.93. The van der Waals surface area contributed by atoms with Crippen molar-refractivity contribution in [3.8, 4) is 5.95 Å². The minimum Gasteiger partial charge on any atom is -0.306 e. The number of halogens is 1. The van der Waals surface area contributed by atoms with Crippen LogP contribution in [0.3, 0.4) is 0 Å². The molecule has 0 saturated carbocycles. The molecular formula is C18H18FN5O2. The number of benzene rings is 1. The van der Waals surface area contributed by atoms with Crippen molar-refractivity contribution in [1.29, 1.82) is 0 Å². The largest absolute Gasteiger partial charge is 0.306 e. The fraction of sp³-hybridized carbons (Fsp3) is 0.222. The van der Waals surface area contributed by atoms with Crippen LogP contribution >= 0.6 is 0 Å². The highest BCUT2D eigenvalue weighted by Crippen LogP contribution is 2.17. The van der Waals surface area contributed by atoms with Crippen LogP contribution in [-0.4, -0.2) is 25.7 Å². The summed E-state index contributed by atoms with van der Waals surface area (Å²) in [4.78, 5) is 31.2. The summed E-state index contributed by atoms with van der Waals surface area (Å²) in [5.74, 6) is -0.760. The number of nitrogens with one attached hydrogen (secondary N) is 2. The van der Waals surface area contributed by atoms with Crippen LogP contribution in [0.4, 0.5) is 10.2 Å². The molecule has 134 valence electrons. The third-order valence-corrected chi connectivity index (χ3v) is 3.78. The number of rotatable bonds is 4. The number of carbonyl (C=O) groups is 1. The van der Waals surface area contributed by atoms with Crippen molar-refractivity contribution in [2.24, 2.45) is 0 Å². The molecule has 0 unspecified atom stereocenters. The van der Waals surface area contributed by atoms with E-state index in [1.807, 2.05) is 6.92 Å². The predicted octanol–water partition coefficient (Wildman–Crippen LogP) is 2.53. The summed E-state index contributed by atoms with van der Waals surface area (Å²) in [5.41, 5.74) is 1.58. The summed E-state index contributed by atoms with van der Waals surface area (Å²) >= 11 is 0. The van der Waals surface area contributed by atoms with Crippen LogP contribution < -0.4 is 10.9 Å². The van der Waals surface area contributed by atoms with E-state index in [-0.39, 0.29) is 22.9 Å². The van der Waals surface area contributed by atoms with Gasteiger partial charge in [-0.2, -0.15) is 9.78 Å². The van der Waals surface area contributed by atoms with Crippen molar-refractivity contribution in [2.45, 2.75) is 27.2 Å². The van der Waals surface area contributed by atoms with Gasteiger partial charge in [0.25, 0.3) is 11.5 Å². The SMILES string of the molecule is CCc1cc(=O)[nH]c(-n2nc(C)cc2NC(=O)c2cc(C)ccc2F)n1. The molecule has 2 N–H and O–H groups in total. The van der Waals surface area contributed by atoms with E-state index < -0.39 is 11.7 Å². The van der Waals surface area contributed by atoms with E-state index >= 15 is 0 Å². The Balaban J connectivity index is 2.00. The first-order valence-corrected chi connectivity index (χ1v) is 8.12. The van der Waals surface area contributed by atoms with Crippen LogP contribution in [0.25, 0.3) is 5.95 Å². The molecule has 3 rings (SSSR count). The van der Waals surface area contributed by atoms with Crippen molar-refractivity contribution in [2.75, 3.05) is 5.32 Å². The smallest absolute Gasteiger partial charge is 0.259 e. The summed E-state index contributed by atoms with van der Waals surface area (Å²) in [6.07, 6.45) is 0.577. The second-order valence-corrected chi connectivity index (χ2v) is 5.93. The lowest BCUT2D eigenvalue weighted by atomic mass is 10.1. The Morgan fingerprint density at radius 1 is 1.27 bits per heavy atom. The number of nitrogens with zero attached hydrogens (tertiary/aromatic N) is 3. The number of hydrogen-bond donors (Lipinski definition) is 2. The van der Waals surface area contributed by atoms with Crippen LogP contribution in [0, 0.1) is 19.7 Å². The number of carbonyl (C=O) groups excluding carboxylic acids is 1. The molecule has 1 amide bonds. The lowest BCUT2D eigenvalue weighted by Gasteiger charge is -2.09. The zero-order valence-electron chi connectivity index (χ0n) is 14.6. The first-order valence-electron chi connectivity index (χ1n) is 8.12. The van der Waals surface area contributed by atoms with E-state index in [2.05, 4.69) is 20.4 Å². The lowest BCUT2D eigenvalue weighted by Crippen LogP contribution is -2.20. The number of aromatic amines is 1. The van der Waals surface area contributed by atoms with Gasteiger partial charge in [-0.05, 0) is 32.4 Å². The Bertz CT molecular complexity index is 1040. The van der Waals surface area contributed by atoms with Gasteiger partial charge >= 0.3 is 0 Å². The maximum Gasteiger partial charge on any atom is 0.259 e. The van der Waals surface area contributed by atoms with Gasteiger partial charge in [-0.15, -0.1) is 0 Å². The molecule has 0 aliphatic rings. The van der Waals surface area contributed by atoms with E-state index in [9.17, 15) is 14.0 Å². The number of H-pyrrole nitrogens is 1. The van der Waals surface area contributed by atoms with Crippen molar-refractivity contribution in [3.63, 3.8) is 0 Å². The average molecular weight is 355 g/mol. The summed E-state index contributed by atoms with van der Waals surface area (Å²) in [6, 6.07) is 7.32. The molecule has 0 fully saturated rings. The molecule has 1 aromatic carbocycles.